The Labute approximate surface area is 260 Å². The summed E-state index contributed by atoms with van der Waals surface area (Å²) >= 11 is 0. The number of aromatic nitrogens is 2. The molecule has 1 aromatic heterocycles. The van der Waals surface area contributed by atoms with Crippen LogP contribution in [-0.4, -0.2) is 89.0 Å². The van der Waals surface area contributed by atoms with E-state index in [9.17, 15) is 24.4 Å². The lowest BCUT2D eigenvalue weighted by Gasteiger charge is -2.31. The van der Waals surface area contributed by atoms with E-state index < -0.39 is 23.4 Å². The van der Waals surface area contributed by atoms with Gasteiger partial charge in [0, 0.05) is 51.8 Å². The van der Waals surface area contributed by atoms with Gasteiger partial charge in [-0.15, -0.1) is 0 Å². The predicted octanol–water partition coefficient (Wildman–Crippen LogP) is 1.68. The van der Waals surface area contributed by atoms with E-state index >= 15 is 0 Å². The van der Waals surface area contributed by atoms with Gasteiger partial charge in [0.2, 0.25) is 5.91 Å². The molecule has 2 aliphatic carbocycles. The Morgan fingerprint density at radius 1 is 1.00 bits per heavy atom. The van der Waals surface area contributed by atoms with Gasteiger partial charge >= 0.3 is 5.76 Å². The van der Waals surface area contributed by atoms with Crippen LogP contribution in [0.4, 0.5) is 0 Å². The first-order valence-electron chi connectivity index (χ1n) is 15.3. The van der Waals surface area contributed by atoms with Crippen LogP contribution in [0.3, 0.4) is 0 Å². The Kier molecular flexibility index (Phi) is 6.70. The Balaban J connectivity index is 1.33. The molecule has 0 radical (unpaired) electrons. The van der Waals surface area contributed by atoms with Crippen LogP contribution < -0.4 is 11.1 Å². The molecule has 7 rings (SSSR count). The standard InChI is InChI=1S/C33H35N7O5/c1-37(2)29(42)20-7-9-24-18(11-20)5-6-19-12-21(30(43)38(3)4)8-10-25(19)33(24)15-27(40-31(33)36-32(44)45-40)35-17-28(41)39-23(16-34)13-22-14-26(22)39/h7-12,22-23,26-27,35H,5-6,13-15,17H2,1-4H3/t22-,23?,26+,27?/m1/s1. The van der Waals surface area contributed by atoms with E-state index in [1.165, 1.54) is 14.5 Å². The van der Waals surface area contributed by atoms with E-state index in [1.807, 2.05) is 24.3 Å². The Morgan fingerprint density at radius 3 is 2.16 bits per heavy atom. The van der Waals surface area contributed by atoms with Gasteiger partial charge in [-0.05, 0) is 78.1 Å². The number of piperidine rings is 1. The van der Waals surface area contributed by atoms with E-state index in [-0.39, 0.29) is 30.3 Å². The maximum atomic E-state index is 13.4. The number of hydrogen-bond donors (Lipinski definition) is 1. The third-order valence-electron chi connectivity index (χ3n) is 9.88. The van der Waals surface area contributed by atoms with Crippen LogP contribution in [0, 0.1) is 17.2 Å². The predicted molar refractivity (Wildman–Crippen MR) is 161 cm³/mol. The lowest BCUT2D eigenvalue weighted by molar-refractivity contribution is -0.131. The van der Waals surface area contributed by atoms with Gasteiger partial charge in [-0.25, -0.2) is 4.79 Å². The molecule has 4 atom stereocenters. The molecule has 4 aliphatic rings. The molecule has 3 amide bonds. The maximum absolute atomic E-state index is 13.4. The van der Waals surface area contributed by atoms with Gasteiger partial charge in [0.1, 0.15) is 12.2 Å². The van der Waals surface area contributed by atoms with Gasteiger partial charge < -0.3 is 19.2 Å². The molecule has 1 saturated carbocycles. The van der Waals surface area contributed by atoms with Crippen molar-refractivity contribution in [3.05, 3.63) is 86.2 Å². The fourth-order valence-corrected chi connectivity index (χ4v) is 7.72. The molecule has 3 aromatic rings. The van der Waals surface area contributed by atoms with Crippen LogP contribution in [0.25, 0.3) is 0 Å². The van der Waals surface area contributed by atoms with Crippen molar-refractivity contribution in [3.63, 3.8) is 0 Å². The highest BCUT2D eigenvalue weighted by atomic mass is 16.5. The Morgan fingerprint density at radius 2 is 1.60 bits per heavy atom. The van der Waals surface area contributed by atoms with E-state index in [1.54, 1.807) is 45.2 Å². The summed E-state index contributed by atoms with van der Waals surface area (Å²) in [4.78, 5) is 61.2. The summed E-state index contributed by atoms with van der Waals surface area (Å²) in [6.07, 6.45) is 2.63. The van der Waals surface area contributed by atoms with Crippen molar-refractivity contribution in [2.45, 2.75) is 55.8 Å². The smallest absolute Gasteiger partial charge is 0.345 e. The normalized spacial score (nSPS) is 23.3. The van der Waals surface area contributed by atoms with E-state index in [4.69, 9.17) is 4.52 Å². The number of fused-ring (bicyclic) bond motifs is 7. The number of rotatable bonds is 5. The van der Waals surface area contributed by atoms with Crippen LogP contribution in [0.5, 0.6) is 0 Å². The fourth-order valence-electron chi connectivity index (χ4n) is 7.72. The zero-order valence-electron chi connectivity index (χ0n) is 25.7. The number of nitriles is 1. The topological polar surface area (TPSA) is 145 Å². The first-order valence-corrected chi connectivity index (χ1v) is 15.3. The summed E-state index contributed by atoms with van der Waals surface area (Å²) in [6, 6.07) is 13.3. The minimum absolute atomic E-state index is 0.0320. The average molecular weight is 610 g/mol. The molecule has 2 aromatic carbocycles. The Hall–Kier alpha value is -4.76. The molecular formula is C33H35N7O5. The summed E-state index contributed by atoms with van der Waals surface area (Å²) in [5.74, 6) is -0.343. The monoisotopic (exact) mass is 609 g/mol. The van der Waals surface area contributed by atoms with Gasteiger partial charge in [0.15, 0.2) is 5.82 Å². The van der Waals surface area contributed by atoms with Crippen molar-refractivity contribution in [2.75, 3.05) is 34.7 Å². The van der Waals surface area contributed by atoms with Crippen LogP contribution in [0.1, 0.15) is 74.2 Å². The highest BCUT2D eigenvalue weighted by Gasteiger charge is 2.55. The summed E-state index contributed by atoms with van der Waals surface area (Å²) in [5.41, 5.74) is 3.80. The van der Waals surface area contributed by atoms with Gasteiger partial charge in [-0.2, -0.15) is 15.0 Å². The number of amides is 3. The van der Waals surface area contributed by atoms with Crippen LogP contribution >= 0.6 is 0 Å². The molecule has 2 fully saturated rings. The number of benzene rings is 2. The van der Waals surface area contributed by atoms with Gasteiger partial charge in [0.05, 0.1) is 18.0 Å². The summed E-state index contributed by atoms with van der Waals surface area (Å²) in [5, 5.41) is 12.9. The van der Waals surface area contributed by atoms with Crippen molar-refractivity contribution in [1.29, 1.82) is 5.26 Å². The molecule has 232 valence electrons. The van der Waals surface area contributed by atoms with Crippen molar-refractivity contribution in [3.8, 4) is 6.07 Å². The largest absolute Gasteiger partial charge is 0.460 e. The number of carbonyl (C=O) groups is 3. The second-order valence-electron chi connectivity index (χ2n) is 13.0. The zero-order valence-corrected chi connectivity index (χ0v) is 25.7. The minimum atomic E-state index is -0.960. The van der Waals surface area contributed by atoms with Crippen molar-refractivity contribution in [2.24, 2.45) is 5.92 Å². The number of hydrogen-bond acceptors (Lipinski definition) is 8. The quantitative estimate of drug-likeness (QED) is 0.460. The average Bonchev–Trinajstić information content (AvgIpc) is 3.41. The third-order valence-corrected chi connectivity index (χ3v) is 9.88. The summed E-state index contributed by atoms with van der Waals surface area (Å²) in [7, 11) is 6.84. The molecule has 1 saturated heterocycles. The first kappa shape index (κ1) is 29.0. The molecule has 1 spiro atoms. The van der Waals surface area contributed by atoms with E-state index in [0.29, 0.717) is 48.6 Å². The minimum Gasteiger partial charge on any atom is -0.345 e. The molecule has 1 N–H and O–H groups in total. The number of carbonyl (C=O) groups excluding carboxylic acids is 3. The lowest BCUT2D eigenvalue weighted by Crippen LogP contribution is -2.44. The lowest BCUT2D eigenvalue weighted by atomic mass is 9.70. The first-order chi connectivity index (χ1) is 21.5. The second kappa shape index (κ2) is 10.4. The summed E-state index contributed by atoms with van der Waals surface area (Å²) < 4.78 is 7.11. The highest BCUT2D eigenvalue weighted by Crippen LogP contribution is 2.53. The third kappa shape index (κ3) is 4.48. The van der Waals surface area contributed by atoms with Gasteiger partial charge in [-0.3, -0.25) is 19.7 Å². The number of aryl methyl sites for hydroxylation is 2. The molecule has 2 aliphatic heterocycles. The number of likely N-dealkylation sites (tertiary alicyclic amines) is 1. The van der Waals surface area contributed by atoms with E-state index in [0.717, 1.165) is 28.7 Å². The number of nitrogens with zero attached hydrogens (tertiary/aromatic N) is 6. The summed E-state index contributed by atoms with van der Waals surface area (Å²) in [6.45, 7) is -0.0320. The van der Waals surface area contributed by atoms with Gasteiger partial charge in [0.25, 0.3) is 11.8 Å². The molecule has 12 heteroatoms. The van der Waals surface area contributed by atoms with Crippen LogP contribution in [-0.2, 0) is 23.1 Å². The van der Waals surface area contributed by atoms with Gasteiger partial charge in [-0.1, -0.05) is 12.1 Å². The zero-order chi connectivity index (χ0) is 31.8. The maximum Gasteiger partial charge on any atom is 0.460 e. The highest BCUT2D eigenvalue weighted by molar-refractivity contribution is 5.95. The number of nitrogens with one attached hydrogen (secondary N) is 1. The van der Waals surface area contributed by atoms with Crippen LogP contribution in [0.2, 0.25) is 0 Å². The Bertz CT molecular complexity index is 1780. The second-order valence-corrected chi connectivity index (χ2v) is 13.0. The van der Waals surface area contributed by atoms with Crippen molar-refractivity contribution < 1.29 is 18.9 Å². The molecular weight excluding hydrogens is 574 g/mol. The SMILES string of the molecule is CN(C)C(=O)c1ccc2c(c1)CCc1cc(C(=O)N(C)C)ccc1C21CC(NCC(=O)N2C(C#N)C[C@@H]3C[C@@H]32)n2oc(=O)nc21. The molecule has 45 heavy (non-hydrogen) atoms. The molecule has 0 bridgehead atoms. The fraction of sp³-hybridized carbons (Fsp3) is 0.455. The molecule has 12 nitrogen and oxygen atoms in total. The molecule has 3 heterocycles. The van der Waals surface area contributed by atoms with E-state index in [2.05, 4.69) is 16.4 Å². The van der Waals surface area contributed by atoms with Crippen LogP contribution in [0.15, 0.2) is 45.7 Å². The molecule has 2 unspecified atom stereocenters. The van der Waals surface area contributed by atoms with Crippen molar-refractivity contribution in [1.82, 2.24) is 29.7 Å². The van der Waals surface area contributed by atoms with Crippen molar-refractivity contribution >= 4 is 17.7 Å².